The van der Waals surface area contributed by atoms with Crippen LogP contribution in [0.2, 0.25) is 0 Å². The second-order valence-electron chi connectivity index (χ2n) is 6.51. The summed E-state index contributed by atoms with van der Waals surface area (Å²) in [5.74, 6) is -0.192. The molecule has 140 valence electrons. The Labute approximate surface area is 161 Å². The van der Waals surface area contributed by atoms with Gasteiger partial charge < -0.3 is 5.32 Å². The molecule has 0 unspecified atom stereocenters. The summed E-state index contributed by atoms with van der Waals surface area (Å²) in [6.07, 6.45) is 3.39. The van der Waals surface area contributed by atoms with E-state index in [1.165, 1.54) is 12.1 Å². The van der Waals surface area contributed by atoms with Gasteiger partial charge in [-0.25, -0.2) is 9.07 Å². The highest BCUT2D eigenvalue weighted by molar-refractivity contribution is 6.07. The second kappa shape index (κ2) is 7.11. The molecule has 1 amide bonds. The number of carbonyl (C=O) groups excluding carboxylic acids is 1. The van der Waals surface area contributed by atoms with Crippen molar-refractivity contribution in [1.29, 1.82) is 0 Å². The number of hydrogen-bond acceptors (Lipinski definition) is 3. The number of rotatable bonds is 4. The highest BCUT2D eigenvalue weighted by atomic mass is 19.1. The summed E-state index contributed by atoms with van der Waals surface area (Å²) in [7, 11) is 1.78. The lowest BCUT2D eigenvalue weighted by Crippen LogP contribution is -2.13. The van der Waals surface area contributed by atoms with Crippen molar-refractivity contribution in [3.63, 3.8) is 0 Å². The van der Waals surface area contributed by atoms with E-state index in [4.69, 9.17) is 0 Å². The highest BCUT2D eigenvalue weighted by Crippen LogP contribution is 2.25. The minimum Gasteiger partial charge on any atom is -0.305 e. The Morgan fingerprint density at radius 3 is 2.36 bits per heavy atom. The Morgan fingerprint density at radius 2 is 1.71 bits per heavy atom. The Bertz CT molecular complexity index is 1130. The van der Waals surface area contributed by atoms with E-state index < -0.39 is 0 Å². The smallest absolute Gasteiger partial charge is 0.260 e. The van der Waals surface area contributed by atoms with E-state index in [1.54, 1.807) is 47.0 Å². The number of benzene rings is 2. The van der Waals surface area contributed by atoms with Crippen molar-refractivity contribution >= 4 is 11.7 Å². The molecule has 7 heteroatoms. The molecule has 28 heavy (non-hydrogen) atoms. The van der Waals surface area contributed by atoms with Gasteiger partial charge in [-0.1, -0.05) is 29.8 Å². The molecular weight excluding hydrogens is 357 g/mol. The summed E-state index contributed by atoms with van der Waals surface area (Å²) in [5.41, 5.74) is 3.53. The van der Waals surface area contributed by atoms with Crippen LogP contribution in [-0.2, 0) is 7.05 Å². The predicted octanol–water partition coefficient (Wildman–Crippen LogP) is 3.97. The molecule has 0 saturated carbocycles. The molecule has 1 N–H and O–H groups in total. The third kappa shape index (κ3) is 3.55. The van der Waals surface area contributed by atoms with Gasteiger partial charge in [0.05, 0.1) is 11.3 Å². The molecule has 0 aliphatic rings. The van der Waals surface area contributed by atoms with E-state index in [9.17, 15) is 9.18 Å². The molecule has 0 saturated heterocycles. The molecule has 0 bridgehead atoms. The van der Waals surface area contributed by atoms with E-state index in [2.05, 4.69) is 15.5 Å². The molecule has 0 aliphatic carbocycles. The van der Waals surface area contributed by atoms with E-state index in [0.29, 0.717) is 22.8 Å². The zero-order valence-electron chi connectivity index (χ0n) is 15.4. The number of amides is 1. The lowest BCUT2D eigenvalue weighted by molar-refractivity contribution is 0.102. The monoisotopic (exact) mass is 375 g/mol. The van der Waals surface area contributed by atoms with Gasteiger partial charge in [-0.2, -0.15) is 10.2 Å². The number of nitrogens with one attached hydrogen (secondary N) is 1. The first kappa shape index (κ1) is 17.7. The van der Waals surface area contributed by atoms with Gasteiger partial charge in [0.25, 0.3) is 5.91 Å². The molecule has 4 aromatic rings. The van der Waals surface area contributed by atoms with Crippen LogP contribution in [-0.4, -0.2) is 25.5 Å². The zero-order chi connectivity index (χ0) is 19.7. The van der Waals surface area contributed by atoms with E-state index >= 15 is 0 Å². The van der Waals surface area contributed by atoms with Crippen molar-refractivity contribution in [3.05, 3.63) is 83.9 Å². The normalized spacial score (nSPS) is 10.8. The number of halogens is 1. The minimum atomic E-state index is -0.331. The summed E-state index contributed by atoms with van der Waals surface area (Å²) in [6, 6.07) is 15.4. The van der Waals surface area contributed by atoms with Gasteiger partial charge in [0.1, 0.15) is 11.5 Å². The molecule has 0 aliphatic heterocycles. The Kier molecular flexibility index (Phi) is 4.49. The lowest BCUT2D eigenvalue weighted by Gasteiger charge is -2.03. The molecule has 2 aromatic heterocycles. The number of aryl methyl sites for hydroxylation is 2. The van der Waals surface area contributed by atoms with Crippen molar-refractivity contribution in [2.75, 3.05) is 5.32 Å². The Hall–Kier alpha value is -3.74. The number of nitrogens with zero attached hydrogens (tertiary/aromatic N) is 4. The lowest BCUT2D eigenvalue weighted by atomic mass is 10.1. The maximum atomic E-state index is 13.3. The molecule has 2 heterocycles. The van der Waals surface area contributed by atoms with Gasteiger partial charge in [-0.3, -0.25) is 9.48 Å². The largest absolute Gasteiger partial charge is 0.305 e. The van der Waals surface area contributed by atoms with Crippen LogP contribution in [0, 0.1) is 12.7 Å². The van der Waals surface area contributed by atoms with Gasteiger partial charge in [0.15, 0.2) is 5.82 Å². The van der Waals surface area contributed by atoms with E-state index in [-0.39, 0.29) is 11.7 Å². The first-order valence-electron chi connectivity index (χ1n) is 8.73. The number of anilines is 1. The van der Waals surface area contributed by atoms with Crippen LogP contribution < -0.4 is 5.32 Å². The Balaban J connectivity index is 1.76. The summed E-state index contributed by atoms with van der Waals surface area (Å²) in [6.45, 7) is 2.00. The van der Waals surface area contributed by atoms with Crippen LogP contribution in [0.5, 0.6) is 0 Å². The minimum absolute atomic E-state index is 0.317. The van der Waals surface area contributed by atoms with Crippen LogP contribution in [0.3, 0.4) is 0 Å². The number of aromatic nitrogens is 4. The van der Waals surface area contributed by atoms with Crippen LogP contribution in [0.4, 0.5) is 10.2 Å². The topological polar surface area (TPSA) is 64.7 Å². The summed E-state index contributed by atoms with van der Waals surface area (Å²) in [5, 5.41) is 11.6. The molecule has 0 radical (unpaired) electrons. The molecule has 4 rings (SSSR count). The molecule has 0 atom stereocenters. The number of carbonyl (C=O) groups is 1. The van der Waals surface area contributed by atoms with Crippen molar-refractivity contribution in [3.8, 4) is 16.9 Å². The maximum absolute atomic E-state index is 13.3. The van der Waals surface area contributed by atoms with Gasteiger partial charge in [-0.15, -0.1) is 0 Å². The van der Waals surface area contributed by atoms with E-state index in [1.807, 2.05) is 31.2 Å². The molecule has 2 aromatic carbocycles. The van der Waals surface area contributed by atoms with Gasteiger partial charge in [0.2, 0.25) is 0 Å². The fourth-order valence-electron chi connectivity index (χ4n) is 2.86. The quantitative estimate of drug-likeness (QED) is 0.587. The van der Waals surface area contributed by atoms with Crippen molar-refractivity contribution in [2.24, 2.45) is 7.05 Å². The predicted molar refractivity (Wildman–Crippen MR) is 105 cm³/mol. The standard InChI is InChI=1S/C21H18FN5O/c1-14-3-5-15(6-4-14)20-18(21(28)23-19-11-12-26(2)24-19)13-27(25-20)17-9-7-16(22)8-10-17/h3-13H,1-2H3,(H,23,24,28). The van der Waals surface area contributed by atoms with Crippen LogP contribution in [0.25, 0.3) is 16.9 Å². The third-order valence-electron chi connectivity index (χ3n) is 4.33. The van der Waals surface area contributed by atoms with Gasteiger partial charge in [0, 0.05) is 31.1 Å². The maximum Gasteiger partial charge on any atom is 0.260 e. The second-order valence-corrected chi connectivity index (χ2v) is 6.51. The fraction of sp³-hybridized carbons (Fsp3) is 0.0952. The highest BCUT2D eigenvalue weighted by Gasteiger charge is 2.19. The Morgan fingerprint density at radius 1 is 1.00 bits per heavy atom. The summed E-state index contributed by atoms with van der Waals surface area (Å²) < 4.78 is 16.4. The van der Waals surface area contributed by atoms with Crippen LogP contribution in [0.15, 0.2) is 67.0 Å². The molecule has 6 nitrogen and oxygen atoms in total. The SMILES string of the molecule is Cc1ccc(-c2nn(-c3ccc(F)cc3)cc2C(=O)Nc2ccn(C)n2)cc1. The molecule has 0 spiro atoms. The molecule has 0 fully saturated rings. The first-order valence-corrected chi connectivity index (χ1v) is 8.73. The van der Waals surface area contributed by atoms with Gasteiger partial charge in [-0.05, 0) is 31.2 Å². The third-order valence-corrected chi connectivity index (χ3v) is 4.33. The zero-order valence-corrected chi connectivity index (χ0v) is 15.4. The van der Waals surface area contributed by atoms with Gasteiger partial charge >= 0.3 is 0 Å². The summed E-state index contributed by atoms with van der Waals surface area (Å²) in [4.78, 5) is 12.9. The van der Waals surface area contributed by atoms with Crippen LogP contribution in [0.1, 0.15) is 15.9 Å². The fourth-order valence-corrected chi connectivity index (χ4v) is 2.86. The summed E-state index contributed by atoms with van der Waals surface area (Å²) >= 11 is 0. The van der Waals surface area contributed by atoms with Crippen LogP contribution >= 0.6 is 0 Å². The van der Waals surface area contributed by atoms with Crippen molar-refractivity contribution in [2.45, 2.75) is 6.92 Å². The number of hydrogen-bond donors (Lipinski definition) is 1. The average Bonchev–Trinajstić information content (AvgIpc) is 3.29. The van der Waals surface area contributed by atoms with Crippen molar-refractivity contribution < 1.29 is 9.18 Å². The average molecular weight is 375 g/mol. The first-order chi connectivity index (χ1) is 13.5. The van der Waals surface area contributed by atoms with E-state index in [0.717, 1.165) is 11.1 Å². The molecular formula is C21H18FN5O. The van der Waals surface area contributed by atoms with Crippen molar-refractivity contribution in [1.82, 2.24) is 19.6 Å².